The molecule has 0 rings (SSSR count). The lowest BCUT2D eigenvalue weighted by Crippen LogP contribution is -2.13. The van der Waals surface area contributed by atoms with Crippen molar-refractivity contribution < 1.29 is 15.3 Å². The van der Waals surface area contributed by atoms with Gasteiger partial charge in [-0.1, -0.05) is 6.42 Å². The molecule has 0 aliphatic heterocycles. The Morgan fingerprint density at radius 2 is 2.09 bits per heavy atom. The summed E-state index contributed by atoms with van der Waals surface area (Å²) in [6.45, 7) is 0.949. The Morgan fingerprint density at radius 1 is 1.36 bits per heavy atom. The van der Waals surface area contributed by atoms with Crippen molar-refractivity contribution in [2.24, 2.45) is 11.7 Å². The maximum atomic E-state index is 8.73. The quantitative estimate of drug-likeness (QED) is 0.285. The van der Waals surface area contributed by atoms with E-state index < -0.39 is 0 Å². The first-order valence-corrected chi connectivity index (χ1v) is 3.92. The summed E-state index contributed by atoms with van der Waals surface area (Å²) in [6.07, 6.45) is 2.79. The molecule has 0 aromatic rings. The highest BCUT2D eigenvalue weighted by molar-refractivity contribution is 4.55. The molecular weight excluding hydrogens is 146 g/mol. The number of aliphatic hydroxyl groups excluding tert-OH is 1. The zero-order chi connectivity index (χ0) is 8.53. The van der Waals surface area contributed by atoms with Crippen LogP contribution in [0, 0.1) is 5.92 Å². The first kappa shape index (κ1) is 10.8. The van der Waals surface area contributed by atoms with E-state index in [1.165, 1.54) is 0 Å². The molecule has 4 nitrogen and oxygen atoms in total. The molecule has 1 unspecified atom stereocenters. The third-order valence-corrected chi connectivity index (χ3v) is 1.63. The topological polar surface area (TPSA) is 75.7 Å². The maximum absolute atomic E-state index is 8.73. The van der Waals surface area contributed by atoms with Gasteiger partial charge in [0.2, 0.25) is 0 Å². The third kappa shape index (κ3) is 6.25. The van der Waals surface area contributed by atoms with Gasteiger partial charge in [0.25, 0.3) is 0 Å². The summed E-state index contributed by atoms with van der Waals surface area (Å²) in [5.74, 6) is 0.0477. The van der Waals surface area contributed by atoms with E-state index in [1.807, 2.05) is 0 Å². The van der Waals surface area contributed by atoms with Gasteiger partial charge in [0, 0.05) is 12.5 Å². The Balaban J connectivity index is 3.20. The average Bonchev–Trinajstić information content (AvgIpc) is 2.03. The normalized spacial score (nSPS) is 13.4. The second kappa shape index (κ2) is 7.94. The molecule has 0 amide bonds. The van der Waals surface area contributed by atoms with Crippen molar-refractivity contribution in [2.45, 2.75) is 19.3 Å². The number of unbranched alkanes of at least 4 members (excludes halogenated alkanes) is 1. The van der Waals surface area contributed by atoms with E-state index in [-0.39, 0.29) is 19.1 Å². The van der Waals surface area contributed by atoms with E-state index in [0.29, 0.717) is 6.54 Å². The molecule has 0 radical (unpaired) electrons. The van der Waals surface area contributed by atoms with Crippen LogP contribution in [0.2, 0.25) is 0 Å². The van der Waals surface area contributed by atoms with E-state index >= 15 is 0 Å². The Kier molecular flexibility index (Phi) is 7.83. The fourth-order valence-corrected chi connectivity index (χ4v) is 0.910. The third-order valence-electron chi connectivity index (χ3n) is 1.63. The van der Waals surface area contributed by atoms with Crippen LogP contribution in [-0.4, -0.2) is 30.1 Å². The van der Waals surface area contributed by atoms with Gasteiger partial charge in [-0.2, -0.15) is 0 Å². The summed E-state index contributed by atoms with van der Waals surface area (Å²) in [7, 11) is 0. The molecule has 0 aromatic carbocycles. The molecule has 0 aliphatic rings. The van der Waals surface area contributed by atoms with Gasteiger partial charge in [0.05, 0.1) is 6.61 Å². The van der Waals surface area contributed by atoms with E-state index in [1.54, 1.807) is 0 Å². The first-order chi connectivity index (χ1) is 5.35. The lowest BCUT2D eigenvalue weighted by molar-refractivity contribution is -0.253. The first-order valence-electron chi connectivity index (χ1n) is 3.92. The molecular formula is C7H17NO3. The van der Waals surface area contributed by atoms with Crippen LogP contribution in [-0.2, 0) is 4.89 Å². The van der Waals surface area contributed by atoms with Gasteiger partial charge in [0.15, 0.2) is 0 Å². The van der Waals surface area contributed by atoms with E-state index in [0.717, 1.165) is 19.3 Å². The van der Waals surface area contributed by atoms with Crippen LogP contribution in [0.3, 0.4) is 0 Å². The zero-order valence-corrected chi connectivity index (χ0v) is 6.70. The predicted octanol–water partition coefficient (Wildman–Crippen LogP) is 0.214. The number of aliphatic hydroxyl groups is 1. The molecule has 0 spiro atoms. The van der Waals surface area contributed by atoms with Gasteiger partial charge in [-0.15, -0.1) is 0 Å². The highest BCUT2D eigenvalue weighted by Crippen LogP contribution is 2.07. The van der Waals surface area contributed by atoms with Crippen molar-refractivity contribution in [2.75, 3.05) is 19.8 Å². The summed E-state index contributed by atoms with van der Waals surface area (Å²) in [5.41, 5.74) is 5.29. The van der Waals surface area contributed by atoms with Crippen molar-refractivity contribution in [1.29, 1.82) is 0 Å². The highest BCUT2D eigenvalue weighted by Gasteiger charge is 2.06. The van der Waals surface area contributed by atoms with Gasteiger partial charge in [-0.3, -0.25) is 5.26 Å². The van der Waals surface area contributed by atoms with Crippen molar-refractivity contribution >= 4 is 0 Å². The van der Waals surface area contributed by atoms with Gasteiger partial charge >= 0.3 is 0 Å². The van der Waals surface area contributed by atoms with E-state index in [9.17, 15) is 0 Å². The van der Waals surface area contributed by atoms with Gasteiger partial charge in [-0.25, -0.2) is 4.89 Å². The molecule has 11 heavy (non-hydrogen) atoms. The molecule has 0 bridgehead atoms. The number of hydrogen-bond donors (Lipinski definition) is 3. The van der Waals surface area contributed by atoms with Gasteiger partial charge < -0.3 is 10.8 Å². The minimum absolute atomic E-state index is 0.0477. The fourth-order valence-electron chi connectivity index (χ4n) is 0.910. The highest BCUT2D eigenvalue weighted by atomic mass is 17.1. The molecule has 68 valence electrons. The van der Waals surface area contributed by atoms with Crippen LogP contribution in [0.1, 0.15) is 19.3 Å². The monoisotopic (exact) mass is 163 g/mol. The second-order valence-corrected chi connectivity index (χ2v) is 2.63. The SMILES string of the molecule is NCCCCC(CO)COO. The lowest BCUT2D eigenvalue weighted by Gasteiger charge is -2.10. The molecule has 4 N–H and O–H groups in total. The second-order valence-electron chi connectivity index (χ2n) is 2.63. The molecule has 1 atom stereocenters. The standard InChI is InChI=1S/C7H17NO3/c8-4-2-1-3-7(5-9)6-11-10/h7,9-10H,1-6,8H2. The van der Waals surface area contributed by atoms with Crippen LogP contribution in [0.5, 0.6) is 0 Å². The minimum atomic E-state index is 0.0477. The van der Waals surface area contributed by atoms with Gasteiger partial charge in [-0.05, 0) is 19.4 Å². The Morgan fingerprint density at radius 3 is 2.55 bits per heavy atom. The lowest BCUT2D eigenvalue weighted by atomic mass is 10.0. The van der Waals surface area contributed by atoms with Crippen molar-refractivity contribution in [3.05, 3.63) is 0 Å². The summed E-state index contributed by atoms with van der Waals surface area (Å²) < 4.78 is 0. The summed E-state index contributed by atoms with van der Waals surface area (Å²) in [5, 5.41) is 16.8. The summed E-state index contributed by atoms with van der Waals surface area (Å²) in [6, 6.07) is 0. The Bertz CT molecular complexity index is 80.1. The van der Waals surface area contributed by atoms with Crippen molar-refractivity contribution in [1.82, 2.24) is 0 Å². The Labute approximate surface area is 66.9 Å². The summed E-state index contributed by atoms with van der Waals surface area (Å²) >= 11 is 0. The number of nitrogens with two attached hydrogens (primary N) is 1. The molecule has 0 heterocycles. The van der Waals surface area contributed by atoms with Crippen LogP contribution in [0.4, 0.5) is 0 Å². The zero-order valence-electron chi connectivity index (χ0n) is 6.70. The molecule has 0 fully saturated rings. The maximum Gasteiger partial charge on any atom is 0.0869 e. The number of hydrogen-bond acceptors (Lipinski definition) is 4. The largest absolute Gasteiger partial charge is 0.396 e. The minimum Gasteiger partial charge on any atom is -0.396 e. The van der Waals surface area contributed by atoms with Crippen molar-refractivity contribution in [3.63, 3.8) is 0 Å². The van der Waals surface area contributed by atoms with Crippen molar-refractivity contribution in [3.8, 4) is 0 Å². The van der Waals surface area contributed by atoms with Crippen LogP contribution >= 0.6 is 0 Å². The number of rotatable bonds is 7. The molecule has 0 saturated carbocycles. The molecule has 0 aromatic heterocycles. The predicted molar refractivity (Wildman–Crippen MR) is 42.1 cm³/mol. The average molecular weight is 163 g/mol. The Hall–Kier alpha value is -0.160. The fraction of sp³-hybridized carbons (Fsp3) is 1.00. The van der Waals surface area contributed by atoms with Crippen LogP contribution in [0.15, 0.2) is 0 Å². The smallest absolute Gasteiger partial charge is 0.0869 e. The van der Waals surface area contributed by atoms with E-state index in [2.05, 4.69) is 4.89 Å². The van der Waals surface area contributed by atoms with E-state index in [4.69, 9.17) is 16.1 Å². The molecule has 4 heteroatoms. The molecule has 0 aliphatic carbocycles. The van der Waals surface area contributed by atoms with Gasteiger partial charge in [0.1, 0.15) is 0 Å². The van der Waals surface area contributed by atoms with Crippen LogP contribution in [0.25, 0.3) is 0 Å². The van der Waals surface area contributed by atoms with Crippen LogP contribution < -0.4 is 5.73 Å². The molecule has 0 saturated heterocycles. The summed E-state index contributed by atoms with van der Waals surface area (Å²) in [4.78, 5) is 3.93.